The van der Waals surface area contributed by atoms with Crippen LogP contribution in [0.3, 0.4) is 0 Å². The van der Waals surface area contributed by atoms with E-state index in [9.17, 15) is 14.4 Å². The summed E-state index contributed by atoms with van der Waals surface area (Å²) < 4.78 is 10.4. The van der Waals surface area contributed by atoms with Gasteiger partial charge in [0.05, 0.1) is 6.61 Å². The lowest BCUT2D eigenvalue weighted by Gasteiger charge is -2.28. The minimum Gasteiger partial charge on any atom is -0.448 e. The Kier molecular flexibility index (Phi) is 8.18. The summed E-state index contributed by atoms with van der Waals surface area (Å²) in [5.41, 5.74) is 8.71. The highest BCUT2D eigenvalue weighted by atomic mass is 16.6. The smallest absolute Gasteiger partial charge is 0.429 e. The Morgan fingerprint density at radius 1 is 1.20 bits per heavy atom. The average molecular weight is 413 g/mol. The molecule has 2 aromatic rings. The second-order valence-electron chi connectivity index (χ2n) is 6.01. The summed E-state index contributed by atoms with van der Waals surface area (Å²) in [5, 5.41) is 10.7. The lowest BCUT2D eigenvalue weighted by atomic mass is 10.1. The number of carbonyl (C=O) groups is 3. The molecule has 0 fully saturated rings. The molecule has 158 valence electrons. The molecule has 0 radical (unpaired) electrons. The highest BCUT2D eigenvalue weighted by Crippen LogP contribution is 2.19. The Bertz CT molecular complexity index is 890. The highest BCUT2D eigenvalue weighted by Gasteiger charge is 2.33. The fraction of sp³-hybridized carbons (Fsp3) is 0.200. The second-order valence-corrected chi connectivity index (χ2v) is 6.01. The van der Waals surface area contributed by atoms with Crippen LogP contribution in [0.5, 0.6) is 5.75 Å². The zero-order chi connectivity index (χ0) is 21.9. The van der Waals surface area contributed by atoms with Crippen LogP contribution in [0.4, 0.5) is 10.5 Å². The Morgan fingerprint density at radius 2 is 1.93 bits per heavy atom. The zero-order valence-electron chi connectivity index (χ0n) is 16.3. The van der Waals surface area contributed by atoms with Crippen molar-refractivity contribution in [1.82, 2.24) is 10.4 Å². The summed E-state index contributed by atoms with van der Waals surface area (Å²) in [5.74, 6) is -0.899. The number of guanidine groups is 1. The Morgan fingerprint density at radius 3 is 2.57 bits per heavy atom. The van der Waals surface area contributed by atoms with Crippen LogP contribution in [-0.2, 0) is 20.7 Å². The van der Waals surface area contributed by atoms with Crippen LogP contribution >= 0.6 is 0 Å². The van der Waals surface area contributed by atoms with Crippen molar-refractivity contribution < 1.29 is 23.9 Å². The van der Waals surface area contributed by atoms with Gasteiger partial charge in [0.25, 0.3) is 0 Å². The Labute approximate surface area is 173 Å². The van der Waals surface area contributed by atoms with Crippen molar-refractivity contribution in [2.75, 3.05) is 11.9 Å². The number of hydrogen-bond donors (Lipinski definition) is 4. The number of hydrogen-bond acceptors (Lipinski definition) is 6. The first-order valence-corrected chi connectivity index (χ1v) is 9.07. The molecule has 5 N–H and O–H groups in total. The lowest BCUT2D eigenvalue weighted by Crippen LogP contribution is -2.54. The first-order valence-electron chi connectivity index (χ1n) is 9.07. The summed E-state index contributed by atoms with van der Waals surface area (Å²) in [6.45, 7) is 1.66. The molecule has 0 aromatic heterocycles. The maximum Gasteiger partial charge on any atom is 0.429 e. The minimum absolute atomic E-state index is 0.0573. The molecular formula is C20H23N5O5. The number of amides is 2. The number of esters is 1. The molecule has 0 aliphatic heterocycles. The molecule has 0 aliphatic rings. The standard InChI is InChI=1S/C20H23N5O5/c1-2-29-20(28)25(23-13-26)17(11-14-7-4-3-5-8-14)18(27)30-16-10-6-9-15(12-16)24-19(21)22/h3-10,12-13,17H,2,11H2,1H3,(H,23,26)(H4,21,22,24)/t17-/m0/s1. The maximum atomic E-state index is 13.0. The van der Waals surface area contributed by atoms with E-state index in [1.165, 1.54) is 12.1 Å². The maximum absolute atomic E-state index is 13.0. The molecule has 0 unspecified atom stereocenters. The topological polar surface area (TPSA) is 147 Å². The molecule has 0 saturated heterocycles. The minimum atomic E-state index is -1.19. The van der Waals surface area contributed by atoms with Crippen LogP contribution in [0.25, 0.3) is 0 Å². The fourth-order valence-electron chi connectivity index (χ4n) is 2.61. The summed E-state index contributed by atoms with van der Waals surface area (Å²) in [4.78, 5) is 36.3. The molecule has 2 aromatic carbocycles. The van der Waals surface area contributed by atoms with Crippen molar-refractivity contribution in [3.05, 3.63) is 60.2 Å². The predicted octanol–water partition coefficient (Wildman–Crippen LogP) is 1.63. The Hall–Kier alpha value is -4.08. The van der Waals surface area contributed by atoms with Crippen molar-refractivity contribution in [1.29, 1.82) is 5.41 Å². The normalized spacial score (nSPS) is 11.0. The molecule has 2 amide bonds. The largest absolute Gasteiger partial charge is 0.448 e. The molecule has 0 aliphatic carbocycles. The van der Waals surface area contributed by atoms with E-state index in [0.717, 1.165) is 10.6 Å². The Balaban J connectivity index is 2.29. The first kappa shape index (κ1) is 22.2. The van der Waals surface area contributed by atoms with E-state index in [2.05, 4.69) is 10.7 Å². The van der Waals surface area contributed by atoms with Crippen LogP contribution in [0.2, 0.25) is 0 Å². The van der Waals surface area contributed by atoms with E-state index in [0.29, 0.717) is 5.69 Å². The van der Waals surface area contributed by atoms with Gasteiger partial charge in [-0.2, -0.15) is 0 Å². The van der Waals surface area contributed by atoms with Crippen molar-refractivity contribution in [2.45, 2.75) is 19.4 Å². The molecule has 0 heterocycles. The molecule has 10 nitrogen and oxygen atoms in total. The summed E-state index contributed by atoms with van der Waals surface area (Å²) in [6.07, 6.45) is -0.543. The summed E-state index contributed by atoms with van der Waals surface area (Å²) in [6, 6.07) is 14.0. The number of rotatable bonds is 9. The van der Waals surface area contributed by atoms with Gasteiger partial charge in [-0.25, -0.2) is 14.6 Å². The third-order valence-corrected chi connectivity index (χ3v) is 3.84. The van der Waals surface area contributed by atoms with E-state index in [4.69, 9.17) is 20.6 Å². The van der Waals surface area contributed by atoms with Crippen molar-refractivity contribution in [2.24, 2.45) is 5.73 Å². The van der Waals surface area contributed by atoms with Gasteiger partial charge in [0, 0.05) is 18.2 Å². The van der Waals surface area contributed by atoms with E-state index in [-0.39, 0.29) is 31.1 Å². The van der Waals surface area contributed by atoms with Gasteiger partial charge in [0.1, 0.15) is 5.75 Å². The van der Waals surface area contributed by atoms with Crippen LogP contribution in [0, 0.1) is 5.41 Å². The third-order valence-electron chi connectivity index (χ3n) is 3.84. The number of hydrazine groups is 1. The monoisotopic (exact) mass is 413 g/mol. The number of anilines is 1. The summed E-state index contributed by atoms with van der Waals surface area (Å²) >= 11 is 0. The van der Waals surface area contributed by atoms with E-state index in [1.54, 1.807) is 43.3 Å². The van der Waals surface area contributed by atoms with Crippen LogP contribution in [0.15, 0.2) is 54.6 Å². The van der Waals surface area contributed by atoms with Gasteiger partial charge in [-0.15, -0.1) is 0 Å². The van der Waals surface area contributed by atoms with Crippen LogP contribution in [-0.4, -0.2) is 42.1 Å². The van der Waals surface area contributed by atoms with Gasteiger partial charge >= 0.3 is 12.1 Å². The molecule has 0 bridgehead atoms. The van der Waals surface area contributed by atoms with Crippen molar-refractivity contribution >= 4 is 30.1 Å². The van der Waals surface area contributed by atoms with Crippen LogP contribution in [0.1, 0.15) is 12.5 Å². The second kappa shape index (κ2) is 11.1. The lowest BCUT2D eigenvalue weighted by molar-refractivity contribution is -0.141. The number of nitrogens with zero attached hydrogens (tertiary/aromatic N) is 1. The van der Waals surface area contributed by atoms with Crippen molar-refractivity contribution in [3.8, 4) is 5.75 Å². The molecule has 0 saturated carbocycles. The number of carbonyl (C=O) groups excluding carboxylic acids is 3. The number of ether oxygens (including phenoxy) is 2. The van der Waals surface area contributed by atoms with Gasteiger partial charge in [-0.05, 0) is 24.6 Å². The molecule has 1 atom stereocenters. The zero-order valence-corrected chi connectivity index (χ0v) is 16.3. The molecule has 10 heteroatoms. The van der Waals surface area contributed by atoms with Gasteiger partial charge in [0.2, 0.25) is 6.41 Å². The molecule has 0 spiro atoms. The van der Waals surface area contributed by atoms with E-state index in [1.807, 2.05) is 6.07 Å². The molecule has 2 rings (SSSR count). The van der Waals surface area contributed by atoms with Gasteiger partial charge < -0.3 is 20.5 Å². The van der Waals surface area contributed by atoms with Gasteiger partial charge in [-0.1, -0.05) is 36.4 Å². The van der Waals surface area contributed by atoms with E-state index < -0.39 is 18.1 Å². The van der Waals surface area contributed by atoms with Crippen LogP contribution < -0.4 is 21.2 Å². The summed E-state index contributed by atoms with van der Waals surface area (Å²) in [7, 11) is 0. The van der Waals surface area contributed by atoms with E-state index >= 15 is 0 Å². The molecular weight excluding hydrogens is 390 g/mol. The quantitative estimate of drug-likeness (QED) is 0.122. The first-order chi connectivity index (χ1) is 14.4. The fourth-order valence-corrected chi connectivity index (χ4v) is 2.61. The van der Waals surface area contributed by atoms with Gasteiger partial charge in [0.15, 0.2) is 12.0 Å². The highest BCUT2D eigenvalue weighted by molar-refractivity contribution is 5.90. The third kappa shape index (κ3) is 6.51. The number of nitrogens with one attached hydrogen (secondary N) is 3. The predicted molar refractivity (Wildman–Crippen MR) is 110 cm³/mol. The van der Waals surface area contributed by atoms with Crippen molar-refractivity contribution in [3.63, 3.8) is 0 Å². The number of benzene rings is 2. The molecule has 30 heavy (non-hydrogen) atoms. The SMILES string of the molecule is CCOC(=O)N(NC=O)[C@@H](Cc1ccccc1)C(=O)Oc1cccc(NC(=N)N)c1. The number of nitrogens with two attached hydrogens (primary N) is 1. The average Bonchev–Trinajstić information content (AvgIpc) is 2.71. The van der Waals surface area contributed by atoms with Gasteiger partial charge in [-0.3, -0.25) is 15.6 Å².